The summed E-state index contributed by atoms with van der Waals surface area (Å²) in [6.07, 6.45) is 0. The molecule has 0 atom stereocenters. The van der Waals surface area contributed by atoms with Crippen LogP contribution in [0.15, 0.2) is 29.1 Å². The number of hydrogen-bond acceptors (Lipinski definition) is 3. The molecule has 2 rings (SSSR count). The molecule has 1 heterocycles. The Labute approximate surface area is 97.5 Å². The monoisotopic (exact) mass is 233 g/mol. The van der Waals surface area contributed by atoms with Crippen molar-refractivity contribution in [1.29, 1.82) is 0 Å². The summed E-state index contributed by atoms with van der Waals surface area (Å²) in [6.45, 7) is 3.44. The fourth-order valence-corrected chi connectivity index (χ4v) is 1.71. The largest absolute Gasteiger partial charge is 0.396 e. The summed E-state index contributed by atoms with van der Waals surface area (Å²) in [7, 11) is 0. The number of halogens is 1. The smallest absolute Gasteiger partial charge is 0.258 e. The van der Waals surface area contributed by atoms with Crippen molar-refractivity contribution in [1.82, 2.24) is 9.55 Å². The van der Waals surface area contributed by atoms with Gasteiger partial charge in [0.25, 0.3) is 5.56 Å². The minimum absolute atomic E-state index is 0.0551. The fourth-order valence-electron chi connectivity index (χ4n) is 1.71. The lowest BCUT2D eigenvalue weighted by atomic mass is 10.2. The standard InChI is InChI=1S/C12H12FN3O/c1-7-5-12(17)16(8(2)15-7)9-3-4-11(14)10(13)6-9/h3-6H,14H2,1-2H3. The van der Waals surface area contributed by atoms with Gasteiger partial charge in [0.1, 0.15) is 11.6 Å². The van der Waals surface area contributed by atoms with Crippen LogP contribution in [0.5, 0.6) is 0 Å². The van der Waals surface area contributed by atoms with Crippen LogP contribution in [0.4, 0.5) is 10.1 Å². The predicted molar refractivity (Wildman–Crippen MR) is 63.7 cm³/mol. The maximum Gasteiger partial charge on any atom is 0.258 e. The van der Waals surface area contributed by atoms with Crippen molar-refractivity contribution in [3.8, 4) is 5.69 Å². The van der Waals surface area contributed by atoms with Gasteiger partial charge in [-0.2, -0.15) is 0 Å². The van der Waals surface area contributed by atoms with Crippen LogP contribution in [0, 0.1) is 19.7 Å². The molecule has 2 N–H and O–H groups in total. The molecular formula is C12H12FN3O. The third-order valence-corrected chi connectivity index (χ3v) is 2.46. The van der Waals surface area contributed by atoms with Crippen LogP contribution in [-0.2, 0) is 0 Å². The van der Waals surface area contributed by atoms with Gasteiger partial charge < -0.3 is 5.73 Å². The number of rotatable bonds is 1. The Kier molecular flexibility index (Phi) is 2.67. The van der Waals surface area contributed by atoms with E-state index in [1.54, 1.807) is 19.9 Å². The zero-order valence-corrected chi connectivity index (χ0v) is 9.57. The second-order valence-electron chi connectivity index (χ2n) is 3.82. The van der Waals surface area contributed by atoms with E-state index in [2.05, 4.69) is 4.98 Å². The molecule has 0 amide bonds. The molecule has 4 nitrogen and oxygen atoms in total. The Hall–Kier alpha value is -2.17. The number of aromatic nitrogens is 2. The van der Waals surface area contributed by atoms with Crippen molar-refractivity contribution in [3.63, 3.8) is 0 Å². The van der Waals surface area contributed by atoms with Gasteiger partial charge in [-0.1, -0.05) is 0 Å². The number of anilines is 1. The molecule has 88 valence electrons. The summed E-state index contributed by atoms with van der Waals surface area (Å²) in [5.74, 6) is -0.0338. The number of nitrogens with two attached hydrogens (primary N) is 1. The van der Waals surface area contributed by atoms with Gasteiger partial charge in [0.2, 0.25) is 0 Å². The van der Waals surface area contributed by atoms with E-state index in [4.69, 9.17) is 5.73 Å². The highest BCUT2D eigenvalue weighted by Crippen LogP contribution is 2.15. The van der Waals surface area contributed by atoms with E-state index < -0.39 is 5.82 Å². The van der Waals surface area contributed by atoms with Crippen LogP contribution in [0.1, 0.15) is 11.5 Å². The van der Waals surface area contributed by atoms with Crippen LogP contribution >= 0.6 is 0 Å². The number of nitrogen functional groups attached to an aromatic ring is 1. The summed E-state index contributed by atoms with van der Waals surface area (Å²) in [5, 5.41) is 0. The van der Waals surface area contributed by atoms with Crippen LogP contribution in [0.3, 0.4) is 0 Å². The van der Waals surface area contributed by atoms with Gasteiger partial charge in [-0.3, -0.25) is 9.36 Å². The Bertz CT molecular complexity index is 634. The first-order valence-electron chi connectivity index (χ1n) is 5.12. The summed E-state index contributed by atoms with van der Waals surface area (Å²) >= 11 is 0. The van der Waals surface area contributed by atoms with Gasteiger partial charge >= 0.3 is 0 Å². The van der Waals surface area contributed by atoms with Gasteiger partial charge in [0.15, 0.2) is 0 Å². The average molecular weight is 233 g/mol. The van der Waals surface area contributed by atoms with Crippen LogP contribution in [0.2, 0.25) is 0 Å². The molecule has 0 saturated heterocycles. The van der Waals surface area contributed by atoms with Crippen molar-refractivity contribution < 1.29 is 4.39 Å². The average Bonchev–Trinajstić information content (AvgIpc) is 2.21. The van der Waals surface area contributed by atoms with E-state index in [9.17, 15) is 9.18 Å². The summed E-state index contributed by atoms with van der Waals surface area (Å²) < 4.78 is 14.7. The van der Waals surface area contributed by atoms with Crippen LogP contribution in [0.25, 0.3) is 5.69 Å². The first kappa shape index (κ1) is 11.3. The molecule has 0 aliphatic rings. The lowest BCUT2D eigenvalue weighted by Gasteiger charge is -2.10. The van der Waals surface area contributed by atoms with Gasteiger partial charge in [0.05, 0.1) is 11.4 Å². The zero-order chi connectivity index (χ0) is 12.6. The Morgan fingerprint density at radius 1 is 1.29 bits per heavy atom. The highest BCUT2D eigenvalue weighted by Gasteiger charge is 2.07. The van der Waals surface area contributed by atoms with E-state index in [0.717, 1.165) is 0 Å². The van der Waals surface area contributed by atoms with Crippen molar-refractivity contribution in [2.24, 2.45) is 0 Å². The second-order valence-corrected chi connectivity index (χ2v) is 3.82. The number of hydrogen-bond donors (Lipinski definition) is 1. The molecule has 2 aromatic rings. The summed E-state index contributed by atoms with van der Waals surface area (Å²) in [4.78, 5) is 16.0. The van der Waals surface area contributed by atoms with E-state index in [1.165, 1.54) is 22.8 Å². The molecule has 5 heteroatoms. The van der Waals surface area contributed by atoms with Crippen LogP contribution < -0.4 is 11.3 Å². The first-order chi connectivity index (χ1) is 7.99. The third kappa shape index (κ3) is 2.04. The summed E-state index contributed by atoms with van der Waals surface area (Å²) in [6, 6.07) is 5.64. The molecule has 0 bridgehead atoms. The van der Waals surface area contributed by atoms with Crippen molar-refractivity contribution >= 4 is 5.69 Å². The molecular weight excluding hydrogens is 221 g/mol. The minimum Gasteiger partial charge on any atom is -0.396 e. The Morgan fingerprint density at radius 2 is 2.00 bits per heavy atom. The normalized spacial score (nSPS) is 10.5. The first-order valence-corrected chi connectivity index (χ1v) is 5.12. The highest BCUT2D eigenvalue weighted by atomic mass is 19.1. The molecule has 1 aromatic heterocycles. The topological polar surface area (TPSA) is 60.9 Å². The van der Waals surface area contributed by atoms with Gasteiger partial charge in [-0.15, -0.1) is 0 Å². The maximum absolute atomic E-state index is 13.3. The van der Waals surface area contributed by atoms with Crippen molar-refractivity contribution in [2.45, 2.75) is 13.8 Å². The van der Waals surface area contributed by atoms with Gasteiger partial charge in [-0.25, -0.2) is 9.37 Å². The molecule has 0 radical (unpaired) electrons. The summed E-state index contributed by atoms with van der Waals surface area (Å²) in [5.41, 5.74) is 6.27. The van der Waals surface area contributed by atoms with E-state index in [1.807, 2.05) is 0 Å². The maximum atomic E-state index is 13.3. The highest BCUT2D eigenvalue weighted by molar-refractivity contribution is 5.47. The molecule has 17 heavy (non-hydrogen) atoms. The number of aryl methyl sites for hydroxylation is 2. The number of nitrogens with zero attached hydrogens (tertiary/aromatic N) is 2. The lowest BCUT2D eigenvalue weighted by Crippen LogP contribution is -2.22. The van der Waals surface area contributed by atoms with Crippen LogP contribution in [-0.4, -0.2) is 9.55 Å². The molecule has 0 aliphatic carbocycles. The molecule has 0 aliphatic heterocycles. The van der Waals surface area contributed by atoms with E-state index in [0.29, 0.717) is 17.2 Å². The second kappa shape index (κ2) is 4.01. The third-order valence-electron chi connectivity index (χ3n) is 2.46. The predicted octanol–water partition coefficient (Wildman–Crippen LogP) is 1.57. The molecule has 0 fully saturated rings. The van der Waals surface area contributed by atoms with Crippen molar-refractivity contribution in [2.75, 3.05) is 5.73 Å². The minimum atomic E-state index is -0.547. The Balaban J connectivity index is 2.69. The molecule has 0 spiro atoms. The number of benzene rings is 1. The fraction of sp³-hybridized carbons (Fsp3) is 0.167. The lowest BCUT2D eigenvalue weighted by molar-refractivity contribution is 0.630. The molecule has 0 saturated carbocycles. The van der Waals surface area contributed by atoms with E-state index >= 15 is 0 Å². The van der Waals surface area contributed by atoms with Gasteiger partial charge in [0, 0.05) is 17.8 Å². The molecule has 0 unspecified atom stereocenters. The SMILES string of the molecule is Cc1cc(=O)n(-c2ccc(N)c(F)c2)c(C)n1. The Morgan fingerprint density at radius 3 is 2.59 bits per heavy atom. The van der Waals surface area contributed by atoms with Gasteiger partial charge in [-0.05, 0) is 26.0 Å². The zero-order valence-electron chi connectivity index (χ0n) is 9.57. The van der Waals surface area contributed by atoms with E-state index in [-0.39, 0.29) is 11.2 Å². The molecule has 1 aromatic carbocycles. The quantitative estimate of drug-likeness (QED) is 0.760. The van der Waals surface area contributed by atoms with Crippen molar-refractivity contribution in [3.05, 3.63) is 52.0 Å².